The highest BCUT2D eigenvalue weighted by Gasteiger charge is 2.17. The molecular formula is C18H15N3O4. The largest absolute Gasteiger partial charge is 0.486 e. The molecule has 0 aliphatic carbocycles. The van der Waals surface area contributed by atoms with Gasteiger partial charge in [0.15, 0.2) is 11.5 Å². The van der Waals surface area contributed by atoms with Crippen molar-refractivity contribution < 1.29 is 18.7 Å². The molecule has 2 aromatic carbocycles. The Balaban J connectivity index is 1.50. The molecule has 0 unspecified atom stereocenters. The van der Waals surface area contributed by atoms with Gasteiger partial charge in [0, 0.05) is 11.1 Å². The third-order valence-corrected chi connectivity index (χ3v) is 3.75. The number of rotatable bonds is 3. The number of aromatic nitrogens is 2. The SMILES string of the molecule is Cc1ccc(-c2nnc(NC(=O)c3ccc4c(c3)OCCO4)o2)cc1. The molecule has 0 bridgehead atoms. The first kappa shape index (κ1) is 15.2. The molecule has 7 nitrogen and oxygen atoms in total. The van der Waals surface area contributed by atoms with Crippen LogP contribution in [0.4, 0.5) is 6.01 Å². The summed E-state index contributed by atoms with van der Waals surface area (Å²) in [5.41, 5.74) is 2.34. The van der Waals surface area contributed by atoms with Gasteiger partial charge in [-0.3, -0.25) is 10.1 Å². The van der Waals surface area contributed by atoms with Gasteiger partial charge in [0.25, 0.3) is 5.91 Å². The number of hydrogen-bond donors (Lipinski definition) is 1. The first-order valence-corrected chi connectivity index (χ1v) is 7.80. The highest BCUT2D eigenvalue weighted by molar-refractivity contribution is 6.03. The minimum atomic E-state index is -0.365. The van der Waals surface area contributed by atoms with E-state index in [2.05, 4.69) is 15.5 Å². The molecule has 0 saturated carbocycles. The predicted octanol–water partition coefficient (Wildman–Crippen LogP) is 3.07. The maximum absolute atomic E-state index is 12.4. The van der Waals surface area contributed by atoms with Crippen LogP contribution in [0.15, 0.2) is 46.9 Å². The number of carbonyl (C=O) groups excluding carboxylic acids is 1. The second-order valence-electron chi connectivity index (χ2n) is 5.59. The van der Waals surface area contributed by atoms with Crippen molar-refractivity contribution >= 4 is 11.9 Å². The van der Waals surface area contributed by atoms with Crippen molar-refractivity contribution in [2.24, 2.45) is 0 Å². The monoisotopic (exact) mass is 337 g/mol. The van der Waals surface area contributed by atoms with Gasteiger partial charge in [0.1, 0.15) is 13.2 Å². The van der Waals surface area contributed by atoms with E-state index < -0.39 is 0 Å². The zero-order valence-corrected chi connectivity index (χ0v) is 13.5. The minimum absolute atomic E-state index is 0.0375. The van der Waals surface area contributed by atoms with E-state index in [9.17, 15) is 4.79 Å². The summed E-state index contributed by atoms with van der Waals surface area (Å²) in [6.07, 6.45) is 0. The summed E-state index contributed by atoms with van der Waals surface area (Å²) in [7, 11) is 0. The maximum atomic E-state index is 12.4. The number of aryl methyl sites for hydroxylation is 1. The van der Waals surface area contributed by atoms with E-state index in [1.165, 1.54) is 0 Å². The van der Waals surface area contributed by atoms with Crippen LogP contribution in [0.2, 0.25) is 0 Å². The van der Waals surface area contributed by atoms with Crippen molar-refractivity contribution in [2.75, 3.05) is 18.5 Å². The quantitative estimate of drug-likeness (QED) is 0.790. The topological polar surface area (TPSA) is 86.5 Å². The Kier molecular flexibility index (Phi) is 3.81. The molecule has 1 aliphatic heterocycles. The first-order chi connectivity index (χ1) is 12.2. The van der Waals surface area contributed by atoms with Crippen LogP contribution >= 0.6 is 0 Å². The van der Waals surface area contributed by atoms with Crippen LogP contribution in [0, 0.1) is 6.92 Å². The zero-order valence-electron chi connectivity index (χ0n) is 13.5. The number of ether oxygens (including phenoxy) is 2. The van der Waals surface area contributed by atoms with Crippen LogP contribution in [0.1, 0.15) is 15.9 Å². The number of amides is 1. The Morgan fingerprint density at radius 2 is 1.76 bits per heavy atom. The highest BCUT2D eigenvalue weighted by atomic mass is 16.6. The molecule has 25 heavy (non-hydrogen) atoms. The lowest BCUT2D eigenvalue weighted by Gasteiger charge is -2.18. The van der Waals surface area contributed by atoms with E-state index in [0.717, 1.165) is 11.1 Å². The fourth-order valence-corrected chi connectivity index (χ4v) is 2.44. The summed E-state index contributed by atoms with van der Waals surface area (Å²) in [5.74, 6) is 1.15. The standard InChI is InChI=1S/C18H15N3O4/c1-11-2-4-12(5-3-11)17-20-21-18(25-17)19-16(22)13-6-7-14-15(10-13)24-9-8-23-14/h2-7,10H,8-9H2,1H3,(H,19,21,22). The van der Waals surface area contributed by atoms with E-state index in [4.69, 9.17) is 13.9 Å². The van der Waals surface area contributed by atoms with Crippen LogP contribution < -0.4 is 14.8 Å². The van der Waals surface area contributed by atoms with Gasteiger partial charge < -0.3 is 13.9 Å². The molecule has 1 aromatic heterocycles. The van der Waals surface area contributed by atoms with E-state index in [1.807, 2.05) is 31.2 Å². The molecule has 4 rings (SSSR count). The Labute approximate surface area is 143 Å². The molecule has 2 heterocycles. The normalized spacial score (nSPS) is 12.7. The second-order valence-corrected chi connectivity index (χ2v) is 5.59. The maximum Gasteiger partial charge on any atom is 0.322 e. The average Bonchev–Trinajstić information content (AvgIpc) is 3.10. The minimum Gasteiger partial charge on any atom is -0.486 e. The number of hydrogen-bond acceptors (Lipinski definition) is 6. The molecule has 7 heteroatoms. The van der Waals surface area contributed by atoms with Gasteiger partial charge >= 0.3 is 6.01 Å². The number of benzene rings is 2. The van der Waals surface area contributed by atoms with Crippen LogP contribution in [0.25, 0.3) is 11.5 Å². The summed E-state index contributed by atoms with van der Waals surface area (Å²) >= 11 is 0. The Morgan fingerprint density at radius 3 is 2.56 bits per heavy atom. The molecule has 0 radical (unpaired) electrons. The summed E-state index contributed by atoms with van der Waals surface area (Å²) in [5, 5.41) is 10.4. The van der Waals surface area contributed by atoms with Crippen molar-refractivity contribution in [3.8, 4) is 23.0 Å². The summed E-state index contributed by atoms with van der Waals surface area (Å²) < 4.78 is 16.4. The Hall–Kier alpha value is -3.35. The first-order valence-electron chi connectivity index (χ1n) is 7.80. The fourth-order valence-electron chi connectivity index (χ4n) is 2.44. The Bertz CT molecular complexity index is 918. The van der Waals surface area contributed by atoms with E-state index in [0.29, 0.717) is 36.2 Å². The zero-order chi connectivity index (χ0) is 17.2. The van der Waals surface area contributed by atoms with Crippen LogP contribution in [0.3, 0.4) is 0 Å². The lowest BCUT2D eigenvalue weighted by atomic mass is 10.1. The van der Waals surface area contributed by atoms with Gasteiger partial charge in [-0.05, 0) is 37.3 Å². The molecule has 1 amide bonds. The molecule has 0 atom stereocenters. The lowest BCUT2D eigenvalue weighted by molar-refractivity contribution is 0.102. The number of fused-ring (bicyclic) bond motifs is 1. The lowest BCUT2D eigenvalue weighted by Crippen LogP contribution is -2.17. The van der Waals surface area contributed by atoms with Crippen molar-refractivity contribution in [3.05, 3.63) is 53.6 Å². The third-order valence-electron chi connectivity index (χ3n) is 3.75. The number of nitrogens with one attached hydrogen (secondary N) is 1. The Morgan fingerprint density at radius 1 is 1.00 bits per heavy atom. The average molecular weight is 337 g/mol. The number of anilines is 1. The van der Waals surface area contributed by atoms with Crippen LogP contribution in [0.5, 0.6) is 11.5 Å². The second kappa shape index (κ2) is 6.27. The molecule has 1 N–H and O–H groups in total. The van der Waals surface area contributed by atoms with Crippen molar-refractivity contribution in [3.63, 3.8) is 0 Å². The van der Waals surface area contributed by atoms with Gasteiger partial charge in [-0.15, -0.1) is 5.10 Å². The predicted molar refractivity (Wildman–Crippen MR) is 89.9 cm³/mol. The third kappa shape index (κ3) is 3.16. The molecule has 0 saturated heterocycles. The fraction of sp³-hybridized carbons (Fsp3) is 0.167. The summed E-state index contributed by atoms with van der Waals surface area (Å²) in [6, 6.07) is 12.7. The van der Waals surface area contributed by atoms with Gasteiger partial charge in [-0.25, -0.2) is 0 Å². The molecule has 3 aromatic rings. The van der Waals surface area contributed by atoms with Crippen molar-refractivity contribution in [1.82, 2.24) is 10.2 Å². The number of nitrogens with zero attached hydrogens (tertiary/aromatic N) is 2. The molecule has 0 fully saturated rings. The van der Waals surface area contributed by atoms with Crippen molar-refractivity contribution in [2.45, 2.75) is 6.92 Å². The molecule has 126 valence electrons. The van der Waals surface area contributed by atoms with Gasteiger partial charge in [0.05, 0.1) is 0 Å². The molecular weight excluding hydrogens is 322 g/mol. The van der Waals surface area contributed by atoms with Gasteiger partial charge in [0.2, 0.25) is 5.89 Å². The van der Waals surface area contributed by atoms with E-state index >= 15 is 0 Å². The summed E-state index contributed by atoms with van der Waals surface area (Å²) in [4.78, 5) is 12.4. The van der Waals surface area contributed by atoms with Crippen LogP contribution in [-0.4, -0.2) is 29.3 Å². The number of carbonyl (C=O) groups is 1. The van der Waals surface area contributed by atoms with Crippen molar-refractivity contribution in [1.29, 1.82) is 0 Å². The van der Waals surface area contributed by atoms with E-state index in [-0.39, 0.29) is 11.9 Å². The van der Waals surface area contributed by atoms with E-state index in [1.54, 1.807) is 18.2 Å². The smallest absolute Gasteiger partial charge is 0.322 e. The highest BCUT2D eigenvalue weighted by Crippen LogP contribution is 2.31. The van der Waals surface area contributed by atoms with Crippen LogP contribution in [-0.2, 0) is 0 Å². The summed E-state index contributed by atoms with van der Waals surface area (Å²) in [6.45, 7) is 2.96. The van der Waals surface area contributed by atoms with Gasteiger partial charge in [-0.1, -0.05) is 22.8 Å². The molecule has 1 aliphatic rings. The molecule has 0 spiro atoms. The van der Waals surface area contributed by atoms with Gasteiger partial charge in [-0.2, -0.15) is 0 Å².